The number of oxazole rings is 2. The molecule has 17 rings (SSSR count). The average Bonchev–Trinajstić information content (AvgIpc) is 4.45. The maximum Gasteiger partial charge on any atom is 0.231 e. The van der Waals surface area contributed by atoms with Gasteiger partial charge >= 0.3 is 0 Å². The van der Waals surface area contributed by atoms with Crippen LogP contribution < -0.4 is 0 Å². The molecule has 0 aliphatic rings. The largest absolute Gasteiger partial charge is 0.436 e. The molecule has 0 aliphatic heterocycles. The number of fused-ring (bicyclic) bond motifs is 14. The van der Waals surface area contributed by atoms with Gasteiger partial charge < -0.3 is 27.1 Å². The Bertz CT molecular complexity index is 4420. The van der Waals surface area contributed by atoms with E-state index in [1.807, 2.05) is 98.1 Å². The van der Waals surface area contributed by atoms with Gasteiger partial charge in [0, 0.05) is 67.9 Å². The zero-order valence-corrected chi connectivity index (χ0v) is 40.1. The van der Waals surface area contributed by atoms with Gasteiger partial charge in [-0.15, -0.1) is 0 Å². The fraction of sp³-hybridized carbons (Fsp3) is 0. The van der Waals surface area contributed by atoms with Crippen molar-refractivity contribution in [2.24, 2.45) is 0 Å². The van der Waals surface area contributed by atoms with E-state index < -0.39 is 0 Å². The molecule has 0 bridgehead atoms. The third-order valence-corrected chi connectivity index (χ3v) is 15.2. The summed E-state index contributed by atoms with van der Waals surface area (Å²) in [5.74, 6) is 0.778. The Hall–Kier alpha value is -10.7. The van der Waals surface area contributed by atoms with Crippen LogP contribution in [0.4, 0.5) is 0 Å². The van der Waals surface area contributed by atoms with E-state index in [9.17, 15) is 0 Å². The fourth-order valence-electron chi connectivity index (χ4n) is 12.2. The molecule has 0 amide bonds. The number of nitrogens with zero attached hydrogens (tertiary/aromatic N) is 10. The van der Waals surface area contributed by atoms with Crippen molar-refractivity contribution in [1.82, 2.24) is 48.2 Å². The molecule has 0 N–H and O–H groups in total. The maximum absolute atomic E-state index is 7.32. The van der Waals surface area contributed by atoms with E-state index in [4.69, 9.17) is 38.7 Å². The van der Waals surface area contributed by atoms with E-state index in [0.717, 1.165) is 110 Å². The lowest BCUT2D eigenvalue weighted by molar-refractivity contribution is 0.616. The monoisotopic (exact) mass is 976 g/mol. The Morgan fingerprint density at radius 2 is 0.526 bits per heavy atom. The van der Waals surface area contributed by atoms with Crippen molar-refractivity contribution in [2.45, 2.75) is 0 Å². The molecule has 17 aromatic rings. The molecule has 10 heterocycles. The first-order valence-electron chi connectivity index (χ1n) is 25.1. The van der Waals surface area contributed by atoms with Gasteiger partial charge in [0.1, 0.15) is 11.0 Å². The molecule has 0 radical (unpaired) electrons. The molecule has 7 aromatic carbocycles. The van der Waals surface area contributed by atoms with Crippen molar-refractivity contribution >= 4 is 109 Å². The fourth-order valence-corrected chi connectivity index (χ4v) is 12.2. The normalized spacial score (nSPS) is 12.2. The summed E-state index contributed by atoms with van der Waals surface area (Å²) in [6.45, 7) is 0. The van der Waals surface area contributed by atoms with E-state index >= 15 is 0 Å². The van der Waals surface area contributed by atoms with Gasteiger partial charge in [0.15, 0.2) is 11.2 Å². The van der Waals surface area contributed by atoms with Crippen LogP contribution in [0.1, 0.15) is 0 Å². The molecule has 0 aliphatic carbocycles. The third kappa shape index (κ3) is 5.50. The van der Waals surface area contributed by atoms with E-state index in [-0.39, 0.29) is 0 Å². The number of rotatable bonds is 6. The summed E-state index contributed by atoms with van der Waals surface area (Å²) in [5.41, 5.74) is 14.2. The molecule has 354 valence electrons. The molecular formula is C64H36N10O2. The van der Waals surface area contributed by atoms with Crippen molar-refractivity contribution in [3.63, 3.8) is 0 Å². The number of hydrogen-bond donors (Lipinski definition) is 0. The topological polar surface area (TPSA) is 123 Å². The summed E-state index contributed by atoms with van der Waals surface area (Å²) >= 11 is 0. The van der Waals surface area contributed by atoms with Crippen molar-refractivity contribution in [1.29, 1.82) is 0 Å². The Labute approximate surface area is 429 Å². The lowest BCUT2D eigenvalue weighted by Crippen LogP contribution is -2.16. The van der Waals surface area contributed by atoms with Gasteiger partial charge in [-0.1, -0.05) is 97.1 Å². The number of hydrogen-bond acceptors (Lipinski definition) is 8. The predicted octanol–water partition coefficient (Wildman–Crippen LogP) is 15.3. The molecule has 0 saturated carbocycles. The highest BCUT2D eigenvalue weighted by molar-refractivity contribution is 6.18. The van der Waals surface area contributed by atoms with Gasteiger partial charge in [0.2, 0.25) is 11.8 Å². The van der Waals surface area contributed by atoms with Gasteiger partial charge in [-0.05, 0) is 72.8 Å². The van der Waals surface area contributed by atoms with Crippen LogP contribution in [0.3, 0.4) is 0 Å². The van der Waals surface area contributed by atoms with Crippen LogP contribution in [0, 0.1) is 0 Å². The van der Waals surface area contributed by atoms with Crippen LogP contribution in [0.2, 0.25) is 0 Å². The highest BCUT2D eigenvalue weighted by atomic mass is 16.4. The second-order valence-corrected chi connectivity index (χ2v) is 19.1. The predicted molar refractivity (Wildman–Crippen MR) is 301 cm³/mol. The quantitative estimate of drug-likeness (QED) is 0.161. The van der Waals surface area contributed by atoms with E-state index in [1.165, 1.54) is 0 Å². The molecule has 12 nitrogen and oxygen atoms in total. The molecule has 0 spiro atoms. The zero-order chi connectivity index (χ0) is 49.6. The van der Waals surface area contributed by atoms with Crippen LogP contribution in [0.25, 0.3) is 155 Å². The lowest BCUT2D eigenvalue weighted by Gasteiger charge is -2.29. The third-order valence-electron chi connectivity index (χ3n) is 15.2. The summed E-state index contributed by atoms with van der Waals surface area (Å²) in [7, 11) is 0. The maximum atomic E-state index is 7.32. The number of aromatic nitrogens is 10. The van der Waals surface area contributed by atoms with Crippen molar-refractivity contribution < 1.29 is 8.83 Å². The Morgan fingerprint density at radius 3 is 0.829 bits per heavy atom. The molecule has 76 heavy (non-hydrogen) atoms. The first-order valence-corrected chi connectivity index (χ1v) is 25.1. The van der Waals surface area contributed by atoms with Crippen LogP contribution in [-0.2, 0) is 0 Å². The van der Waals surface area contributed by atoms with E-state index in [0.29, 0.717) is 45.1 Å². The lowest BCUT2D eigenvalue weighted by atomic mass is 9.97. The summed E-state index contributed by atoms with van der Waals surface area (Å²) in [4.78, 5) is 30.7. The SMILES string of the molecule is c1ccc2oc(-c3c(-n4c5ccccc5c5ccncc54)c(-n4c5ccccc5c5ccncc54)c(-c4nc5ccccc5o4)c(-n4c5ccccc5c5ccncc54)c3-n3c4ccccc4c4ccncc43)nc2c1. The highest BCUT2D eigenvalue weighted by Gasteiger charge is 2.38. The smallest absolute Gasteiger partial charge is 0.231 e. The Morgan fingerprint density at radius 1 is 0.263 bits per heavy atom. The summed E-state index contributed by atoms with van der Waals surface area (Å²) in [6.07, 6.45) is 15.3. The second-order valence-electron chi connectivity index (χ2n) is 19.1. The van der Waals surface area contributed by atoms with Gasteiger partial charge in [-0.3, -0.25) is 19.9 Å². The second kappa shape index (κ2) is 15.4. The molecule has 12 heteroatoms. The zero-order valence-electron chi connectivity index (χ0n) is 40.1. The molecule has 0 atom stereocenters. The van der Waals surface area contributed by atoms with Crippen molar-refractivity contribution in [3.8, 4) is 45.7 Å². The van der Waals surface area contributed by atoms with E-state index in [2.05, 4.69) is 140 Å². The first kappa shape index (κ1) is 40.8. The Balaban J connectivity index is 1.27. The van der Waals surface area contributed by atoms with Crippen molar-refractivity contribution in [2.75, 3.05) is 0 Å². The van der Waals surface area contributed by atoms with Crippen LogP contribution in [0.5, 0.6) is 0 Å². The van der Waals surface area contributed by atoms with Gasteiger partial charge in [0.25, 0.3) is 0 Å². The minimum atomic E-state index is 0.389. The van der Waals surface area contributed by atoms with Crippen LogP contribution in [-0.4, -0.2) is 48.2 Å². The number of pyridine rings is 4. The molecule has 0 unspecified atom stereocenters. The molecule has 0 fully saturated rings. The minimum Gasteiger partial charge on any atom is -0.436 e. The van der Waals surface area contributed by atoms with Gasteiger partial charge in [-0.25, -0.2) is 9.97 Å². The summed E-state index contributed by atoms with van der Waals surface area (Å²) in [6, 6.07) is 58.5. The summed E-state index contributed by atoms with van der Waals surface area (Å²) < 4.78 is 24.0. The average molecular weight is 977 g/mol. The van der Waals surface area contributed by atoms with Crippen LogP contribution >= 0.6 is 0 Å². The summed E-state index contributed by atoms with van der Waals surface area (Å²) in [5, 5.41) is 8.26. The minimum absolute atomic E-state index is 0.389. The molecule has 0 saturated heterocycles. The molecule has 10 aromatic heterocycles. The van der Waals surface area contributed by atoms with Crippen LogP contribution in [0.15, 0.2) is 228 Å². The standard InChI is InChI=1S/C64H36N10O2/c1-7-19-47-37(13-1)41-25-29-65-33-51(41)71(47)59-57(63-69-45-17-5-11-23-55(45)75-63)61(73-49-21-9-3-15-39(49)43-27-31-67-35-53(43)73)62(74-50-22-10-4-16-40(50)44-28-32-68-36-54(44)74)58(64-70-46-18-6-12-24-56(46)76-64)60(59)72-48-20-8-2-14-38(48)42-26-30-66-34-52(42)72/h1-36H. The van der Waals surface area contributed by atoms with Gasteiger partial charge in [0.05, 0.1) is 103 Å². The highest BCUT2D eigenvalue weighted by Crippen LogP contribution is 2.54. The van der Waals surface area contributed by atoms with Gasteiger partial charge in [-0.2, -0.15) is 0 Å². The Kier molecular flexibility index (Phi) is 8.27. The van der Waals surface area contributed by atoms with Crippen molar-refractivity contribution in [3.05, 3.63) is 219 Å². The first-order chi connectivity index (χ1) is 37.8. The number of para-hydroxylation sites is 8. The van der Waals surface area contributed by atoms with E-state index in [1.54, 1.807) is 0 Å². The number of benzene rings is 7. The molecular weight excluding hydrogens is 941 g/mol.